The molecule has 21 heavy (non-hydrogen) atoms. The minimum absolute atomic E-state index is 0.0944. The van der Waals surface area contributed by atoms with E-state index >= 15 is 0 Å². The molecule has 0 saturated heterocycles. The average molecular weight is 296 g/mol. The van der Waals surface area contributed by atoms with E-state index in [1.54, 1.807) is 0 Å². The van der Waals surface area contributed by atoms with E-state index < -0.39 is 18.0 Å². The van der Waals surface area contributed by atoms with Gasteiger partial charge in [0.15, 0.2) is 0 Å². The lowest BCUT2D eigenvalue weighted by Gasteiger charge is -2.13. The molecule has 0 aliphatic carbocycles. The molecule has 1 unspecified atom stereocenters. The first-order valence-corrected chi connectivity index (χ1v) is 6.45. The van der Waals surface area contributed by atoms with Crippen LogP contribution in [0.4, 0.5) is 19.0 Å². The van der Waals surface area contributed by atoms with Gasteiger partial charge in [-0.1, -0.05) is 36.4 Å². The van der Waals surface area contributed by atoms with Crippen molar-refractivity contribution in [2.75, 3.05) is 11.9 Å². The smallest absolute Gasteiger partial charge is 0.391 e. The standard InChI is InChI=1S/C15H15F3N2O/c16-15(17,18)13-7-4-8-14(20-13)19-10-12(21)9-11-5-2-1-3-6-11/h1-8,12,21H,9-10H2,(H,19,20). The van der Waals surface area contributed by atoms with Gasteiger partial charge in [-0.3, -0.25) is 0 Å². The Hall–Kier alpha value is -2.08. The summed E-state index contributed by atoms with van der Waals surface area (Å²) >= 11 is 0. The molecule has 0 radical (unpaired) electrons. The number of rotatable bonds is 5. The molecule has 3 nitrogen and oxygen atoms in total. The lowest BCUT2D eigenvalue weighted by molar-refractivity contribution is -0.141. The lowest BCUT2D eigenvalue weighted by Crippen LogP contribution is -2.22. The molecule has 0 bridgehead atoms. The Labute approximate surface area is 120 Å². The Morgan fingerprint density at radius 3 is 2.43 bits per heavy atom. The number of nitrogens with zero attached hydrogens (tertiary/aromatic N) is 1. The Morgan fingerprint density at radius 1 is 1.05 bits per heavy atom. The number of aromatic nitrogens is 1. The summed E-state index contributed by atoms with van der Waals surface area (Å²) in [5.74, 6) is 0.0944. The molecule has 0 spiro atoms. The highest BCUT2D eigenvalue weighted by Gasteiger charge is 2.32. The molecular weight excluding hydrogens is 281 g/mol. The molecule has 0 fully saturated rings. The van der Waals surface area contributed by atoms with Gasteiger partial charge in [0, 0.05) is 13.0 Å². The average Bonchev–Trinajstić information content (AvgIpc) is 2.46. The highest BCUT2D eigenvalue weighted by molar-refractivity contribution is 5.36. The van der Waals surface area contributed by atoms with E-state index in [2.05, 4.69) is 10.3 Å². The molecule has 2 N–H and O–H groups in total. The first-order chi connectivity index (χ1) is 9.95. The zero-order valence-electron chi connectivity index (χ0n) is 11.1. The van der Waals surface area contributed by atoms with E-state index in [0.717, 1.165) is 11.6 Å². The van der Waals surface area contributed by atoms with Crippen molar-refractivity contribution in [3.8, 4) is 0 Å². The van der Waals surface area contributed by atoms with Crippen molar-refractivity contribution in [1.29, 1.82) is 0 Å². The van der Waals surface area contributed by atoms with Gasteiger partial charge < -0.3 is 10.4 Å². The normalized spacial score (nSPS) is 13.0. The Balaban J connectivity index is 1.91. The van der Waals surface area contributed by atoms with Crippen LogP contribution in [-0.2, 0) is 12.6 Å². The first-order valence-electron chi connectivity index (χ1n) is 6.45. The quantitative estimate of drug-likeness (QED) is 0.891. The van der Waals surface area contributed by atoms with Crippen molar-refractivity contribution in [2.24, 2.45) is 0 Å². The monoisotopic (exact) mass is 296 g/mol. The summed E-state index contributed by atoms with van der Waals surface area (Å²) in [5.41, 5.74) is 0.00819. The van der Waals surface area contributed by atoms with Crippen LogP contribution in [0, 0.1) is 0 Å². The topological polar surface area (TPSA) is 45.1 Å². The zero-order valence-corrected chi connectivity index (χ0v) is 11.1. The van der Waals surface area contributed by atoms with Gasteiger partial charge in [0.2, 0.25) is 0 Å². The van der Waals surface area contributed by atoms with E-state index in [-0.39, 0.29) is 12.4 Å². The Bertz CT molecular complexity index is 573. The third kappa shape index (κ3) is 4.75. The van der Waals surface area contributed by atoms with Crippen LogP contribution in [0.25, 0.3) is 0 Å². The van der Waals surface area contributed by atoms with Gasteiger partial charge in [-0.05, 0) is 17.7 Å². The number of anilines is 1. The van der Waals surface area contributed by atoms with Crippen molar-refractivity contribution in [2.45, 2.75) is 18.7 Å². The number of aliphatic hydroxyl groups is 1. The van der Waals surface area contributed by atoms with Gasteiger partial charge in [-0.25, -0.2) is 4.98 Å². The number of hydrogen-bond acceptors (Lipinski definition) is 3. The molecule has 1 heterocycles. The molecule has 1 aromatic heterocycles. The fourth-order valence-electron chi connectivity index (χ4n) is 1.87. The van der Waals surface area contributed by atoms with E-state index in [4.69, 9.17) is 0 Å². The lowest BCUT2D eigenvalue weighted by atomic mass is 10.1. The van der Waals surface area contributed by atoms with Crippen LogP contribution < -0.4 is 5.32 Å². The van der Waals surface area contributed by atoms with Gasteiger partial charge in [0.1, 0.15) is 11.5 Å². The SMILES string of the molecule is OC(CNc1cccc(C(F)(F)F)n1)Cc1ccccc1. The third-order valence-electron chi connectivity index (χ3n) is 2.87. The summed E-state index contributed by atoms with van der Waals surface area (Å²) in [5, 5.41) is 12.6. The number of benzene rings is 1. The summed E-state index contributed by atoms with van der Waals surface area (Å²) in [6.45, 7) is 0.128. The largest absolute Gasteiger partial charge is 0.433 e. The van der Waals surface area contributed by atoms with Crippen LogP contribution in [-0.4, -0.2) is 22.7 Å². The fourth-order valence-corrected chi connectivity index (χ4v) is 1.87. The van der Waals surface area contributed by atoms with Crippen molar-refractivity contribution in [1.82, 2.24) is 4.98 Å². The molecule has 0 aliphatic heterocycles. The minimum atomic E-state index is -4.47. The van der Waals surface area contributed by atoms with Gasteiger partial charge in [-0.15, -0.1) is 0 Å². The summed E-state index contributed by atoms with van der Waals surface area (Å²) < 4.78 is 37.5. The van der Waals surface area contributed by atoms with Crippen LogP contribution >= 0.6 is 0 Å². The van der Waals surface area contributed by atoms with Crippen LogP contribution in [0.3, 0.4) is 0 Å². The molecule has 0 aliphatic rings. The second-order valence-electron chi connectivity index (χ2n) is 4.63. The number of halogens is 3. The molecule has 0 amide bonds. The molecule has 2 aromatic rings. The number of alkyl halides is 3. The van der Waals surface area contributed by atoms with Crippen LogP contribution in [0.2, 0.25) is 0 Å². The van der Waals surface area contributed by atoms with Crippen molar-refractivity contribution in [3.63, 3.8) is 0 Å². The summed E-state index contributed by atoms with van der Waals surface area (Å²) in [7, 11) is 0. The summed E-state index contributed by atoms with van der Waals surface area (Å²) in [6.07, 6.45) is -4.75. The van der Waals surface area contributed by atoms with Crippen molar-refractivity contribution < 1.29 is 18.3 Å². The Kier molecular flexibility index (Phi) is 4.80. The highest BCUT2D eigenvalue weighted by Crippen LogP contribution is 2.28. The van der Waals surface area contributed by atoms with Crippen LogP contribution in [0.5, 0.6) is 0 Å². The number of hydrogen-bond donors (Lipinski definition) is 2. The molecule has 1 aromatic carbocycles. The number of pyridine rings is 1. The Morgan fingerprint density at radius 2 is 1.76 bits per heavy atom. The minimum Gasteiger partial charge on any atom is -0.391 e. The van der Waals surface area contributed by atoms with E-state index in [9.17, 15) is 18.3 Å². The summed E-state index contributed by atoms with van der Waals surface area (Å²) in [6, 6.07) is 13.0. The van der Waals surface area contributed by atoms with E-state index in [0.29, 0.717) is 6.42 Å². The van der Waals surface area contributed by atoms with E-state index in [1.165, 1.54) is 12.1 Å². The zero-order chi connectivity index (χ0) is 15.3. The molecule has 112 valence electrons. The predicted molar refractivity (Wildman–Crippen MR) is 73.9 cm³/mol. The molecule has 1 atom stereocenters. The van der Waals surface area contributed by atoms with Crippen LogP contribution in [0.1, 0.15) is 11.3 Å². The second-order valence-corrected chi connectivity index (χ2v) is 4.63. The maximum atomic E-state index is 12.5. The van der Waals surface area contributed by atoms with Crippen molar-refractivity contribution >= 4 is 5.82 Å². The van der Waals surface area contributed by atoms with Crippen LogP contribution in [0.15, 0.2) is 48.5 Å². The van der Waals surface area contributed by atoms with Crippen molar-refractivity contribution in [3.05, 3.63) is 59.8 Å². The molecule has 2 rings (SSSR count). The second kappa shape index (κ2) is 6.58. The van der Waals surface area contributed by atoms with Gasteiger partial charge >= 0.3 is 6.18 Å². The summed E-state index contributed by atoms with van der Waals surface area (Å²) in [4.78, 5) is 3.48. The molecule has 6 heteroatoms. The molecule has 0 saturated carbocycles. The maximum Gasteiger partial charge on any atom is 0.433 e. The van der Waals surface area contributed by atoms with Gasteiger partial charge in [-0.2, -0.15) is 13.2 Å². The maximum absolute atomic E-state index is 12.5. The van der Waals surface area contributed by atoms with Gasteiger partial charge in [0.25, 0.3) is 0 Å². The fraction of sp³-hybridized carbons (Fsp3) is 0.267. The molecular formula is C15H15F3N2O. The highest BCUT2D eigenvalue weighted by atomic mass is 19.4. The van der Waals surface area contributed by atoms with E-state index in [1.807, 2.05) is 30.3 Å². The first kappa shape index (κ1) is 15.3. The third-order valence-corrected chi connectivity index (χ3v) is 2.87. The number of nitrogens with one attached hydrogen (secondary N) is 1. The predicted octanol–water partition coefficient (Wildman–Crippen LogP) is 3.12. The number of aliphatic hydroxyl groups excluding tert-OH is 1. The van der Waals surface area contributed by atoms with Gasteiger partial charge in [0.05, 0.1) is 6.10 Å².